The second kappa shape index (κ2) is 11.4. The molecule has 3 aromatic rings. The van der Waals surface area contributed by atoms with Gasteiger partial charge in [0.1, 0.15) is 5.75 Å². The van der Waals surface area contributed by atoms with E-state index in [2.05, 4.69) is 78.6 Å². The fraction of sp³-hybridized carbons (Fsp3) is 0.310. The zero-order valence-electron chi connectivity index (χ0n) is 18.9. The monoisotopic (exact) mass is 445 g/mol. The van der Waals surface area contributed by atoms with Crippen molar-refractivity contribution in [2.45, 2.75) is 32.6 Å². The maximum Gasteiger partial charge on any atom is 0.119 e. The van der Waals surface area contributed by atoms with Crippen LogP contribution in [0.5, 0.6) is 5.75 Å². The highest BCUT2D eigenvalue weighted by molar-refractivity contribution is 6.30. The molecule has 0 saturated carbocycles. The molecule has 166 valence electrons. The van der Waals surface area contributed by atoms with Gasteiger partial charge in [-0.05, 0) is 91.9 Å². The molecule has 0 aliphatic carbocycles. The SMILES string of the molecule is Cc1ccc(/C=C(\c2ccc(Cl)cc2)c2ccc(OCCCN3CCCCC3)cc2)cc1. The van der Waals surface area contributed by atoms with Gasteiger partial charge in [0.25, 0.3) is 0 Å². The quantitative estimate of drug-likeness (QED) is 0.263. The maximum atomic E-state index is 6.13. The summed E-state index contributed by atoms with van der Waals surface area (Å²) in [7, 11) is 0. The fourth-order valence-electron chi connectivity index (χ4n) is 4.18. The molecule has 0 aromatic heterocycles. The van der Waals surface area contributed by atoms with Crippen LogP contribution in [0.4, 0.5) is 0 Å². The fourth-order valence-corrected chi connectivity index (χ4v) is 4.31. The molecule has 1 aliphatic heterocycles. The van der Waals surface area contributed by atoms with Crippen LogP contribution >= 0.6 is 11.6 Å². The average molecular weight is 446 g/mol. The van der Waals surface area contributed by atoms with Gasteiger partial charge in [0.05, 0.1) is 6.61 Å². The Morgan fingerprint density at radius 1 is 0.844 bits per heavy atom. The minimum atomic E-state index is 0.747. The highest BCUT2D eigenvalue weighted by atomic mass is 35.5. The first-order chi connectivity index (χ1) is 15.7. The number of nitrogens with zero attached hydrogens (tertiary/aromatic N) is 1. The molecule has 0 spiro atoms. The van der Waals surface area contributed by atoms with E-state index in [1.807, 2.05) is 12.1 Å². The van der Waals surface area contributed by atoms with Crippen molar-refractivity contribution in [3.05, 3.63) is 100 Å². The lowest BCUT2D eigenvalue weighted by molar-refractivity contribution is 0.205. The van der Waals surface area contributed by atoms with E-state index in [1.165, 1.54) is 49.1 Å². The largest absolute Gasteiger partial charge is 0.494 e. The van der Waals surface area contributed by atoms with Crippen molar-refractivity contribution in [2.75, 3.05) is 26.2 Å². The lowest BCUT2D eigenvalue weighted by Gasteiger charge is -2.26. The van der Waals surface area contributed by atoms with Gasteiger partial charge in [0.15, 0.2) is 0 Å². The van der Waals surface area contributed by atoms with Crippen LogP contribution in [0.25, 0.3) is 11.6 Å². The molecule has 2 nitrogen and oxygen atoms in total. The second-order valence-electron chi connectivity index (χ2n) is 8.60. The van der Waals surface area contributed by atoms with E-state index in [0.717, 1.165) is 41.5 Å². The number of likely N-dealkylation sites (tertiary alicyclic amines) is 1. The minimum Gasteiger partial charge on any atom is -0.494 e. The molecule has 0 amide bonds. The molecule has 4 rings (SSSR count). The summed E-state index contributed by atoms with van der Waals surface area (Å²) in [6.45, 7) is 6.50. The van der Waals surface area contributed by atoms with Crippen LogP contribution in [0.1, 0.15) is 47.9 Å². The van der Waals surface area contributed by atoms with Crippen LogP contribution in [0, 0.1) is 6.92 Å². The van der Waals surface area contributed by atoms with E-state index in [9.17, 15) is 0 Å². The van der Waals surface area contributed by atoms with Crippen molar-refractivity contribution < 1.29 is 4.74 Å². The zero-order valence-corrected chi connectivity index (χ0v) is 19.7. The molecule has 1 saturated heterocycles. The predicted molar refractivity (Wildman–Crippen MR) is 136 cm³/mol. The standard InChI is InChI=1S/C29H32ClNO/c1-23-6-8-24(9-7-23)22-29(25-10-14-27(30)15-11-25)26-12-16-28(17-13-26)32-21-5-20-31-18-3-2-4-19-31/h6-17,22H,2-5,18-21H2,1H3/b29-22+. The summed E-state index contributed by atoms with van der Waals surface area (Å²) in [4.78, 5) is 2.56. The Morgan fingerprint density at radius 3 is 2.12 bits per heavy atom. The van der Waals surface area contributed by atoms with Crippen LogP contribution in [-0.2, 0) is 0 Å². The Hall–Kier alpha value is -2.55. The molecular weight excluding hydrogens is 414 g/mol. The van der Waals surface area contributed by atoms with Crippen molar-refractivity contribution in [1.82, 2.24) is 4.90 Å². The predicted octanol–water partition coefficient (Wildman–Crippen LogP) is 7.49. The van der Waals surface area contributed by atoms with Crippen LogP contribution in [-0.4, -0.2) is 31.1 Å². The number of rotatable bonds is 8. The summed E-state index contributed by atoms with van der Waals surface area (Å²) in [5.74, 6) is 0.929. The van der Waals surface area contributed by atoms with Crippen LogP contribution in [0.2, 0.25) is 5.02 Å². The summed E-state index contributed by atoms with van der Waals surface area (Å²) in [6.07, 6.45) is 7.38. The maximum absolute atomic E-state index is 6.13. The molecule has 1 aliphatic rings. The van der Waals surface area contributed by atoms with Crippen molar-refractivity contribution in [3.63, 3.8) is 0 Å². The first kappa shape index (κ1) is 22.6. The Bertz CT molecular complexity index is 1000. The Labute approximate surface area is 197 Å². The summed E-state index contributed by atoms with van der Waals surface area (Å²) in [5, 5.41) is 0.747. The van der Waals surface area contributed by atoms with Crippen LogP contribution in [0.3, 0.4) is 0 Å². The zero-order chi connectivity index (χ0) is 22.2. The van der Waals surface area contributed by atoms with Gasteiger partial charge >= 0.3 is 0 Å². The van der Waals surface area contributed by atoms with E-state index in [4.69, 9.17) is 16.3 Å². The lowest BCUT2D eigenvalue weighted by atomic mass is 9.95. The number of halogens is 1. The summed E-state index contributed by atoms with van der Waals surface area (Å²) >= 11 is 6.13. The third kappa shape index (κ3) is 6.48. The molecule has 1 fully saturated rings. The molecule has 3 aromatic carbocycles. The van der Waals surface area contributed by atoms with E-state index in [0.29, 0.717) is 0 Å². The number of ether oxygens (including phenoxy) is 1. The molecule has 1 heterocycles. The molecule has 0 unspecified atom stereocenters. The molecule has 0 atom stereocenters. The van der Waals surface area contributed by atoms with Gasteiger partial charge in [0, 0.05) is 11.6 Å². The van der Waals surface area contributed by atoms with Gasteiger partial charge in [-0.25, -0.2) is 0 Å². The van der Waals surface area contributed by atoms with Crippen molar-refractivity contribution in [2.24, 2.45) is 0 Å². The normalized spacial score (nSPS) is 15.0. The van der Waals surface area contributed by atoms with E-state index in [-0.39, 0.29) is 0 Å². The first-order valence-electron chi connectivity index (χ1n) is 11.7. The van der Waals surface area contributed by atoms with E-state index in [1.54, 1.807) is 0 Å². The van der Waals surface area contributed by atoms with Crippen molar-refractivity contribution in [3.8, 4) is 5.75 Å². The van der Waals surface area contributed by atoms with Crippen molar-refractivity contribution in [1.29, 1.82) is 0 Å². The van der Waals surface area contributed by atoms with Crippen LogP contribution in [0.15, 0.2) is 72.8 Å². The topological polar surface area (TPSA) is 12.5 Å². The van der Waals surface area contributed by atoms with Gasteiger partial charge in [-0.3, -0.25) is 0 Å². The minimum absolute atomic E-state index is 0.747. The average Bonchev–Trinajstić information content (AvgIpc) is 2.83. The Balaban J connectivity index is 1.45. The van der Waals surface area contributed by atoms with Gasteiger partial charge < -0.3 is 9.64 Å². The summed E-state index contributed by atoms with van der Waals surface area (Å²) in [6, 6.07) is 25.1. The molecular formula is C29H32ClNO. The number of piperidine rings is 1. The van der Waals surface area contributed by atoms with Gasteiger partial charge in [-0.15, -0.1) is 0 Å². The summed E-state index contributed by atoms with van der Waals surface area (Å²) < 4.78 is 6.02. The third-order valence-corrected chi connectivity index (χ3v) is 6.30. The Morgan fingerprint density at radius 2 is 1.47 bits per heavy atom. The number of aryl methyl sites for hydroxylation is 1. The highest BCUT2D eigenvalue weighted by Crippen LogP contribution is 2.29. The number of benzene rings is 3. The van der Waals surface area contributed by atoms with Crippen LogP contribution < -0.4 is 4.74 Å². The molecule has 0 bridgehead atoms. The number of hydrogen-bond donors (Lipinski definition) is 0. The number of hydrogen-bond acceptors (Lipinski definition) is 2. The van der Waals surface area contributed by atoms with Crippen molar-refractivity contribution >= 4 is 23.3 Å². The molecule has 32 heavy (non-hydrogen) atoms. The highest BCUT2D eigenvalue weighted by Gasteiger charge is 2.10. The smallest absolute Gasteiger partial charge is 0.119 e. The lowest BCUT2D eigenvalue weighted by Crippen LogP contribution is -2.31. The molecule has 0 N–H and O–H groups in total. The first-order valence-corrected chi connectivity index (χ1v) is 12.0. The third-order valence-electron chi connectivity index (χ3n) is 6.04. The second-order valence-corrected chi connectivity index (χ2v) is 9.04. The summed E-state index contributed by atoms with van der Waals surface area (Å²) in [5.41, 5.74) is 5.91. The van der Waals surface area contributed by atoms with E-state index < -0.39 is 0 Å². The van der Waals surface area contributed by atoms with Gasteiger partial charge in [0.2, 0.25) is 0 Å². The van der Waals surface area contributed by atoms with Gasteiger partial charge in [-0.1, -0.05) is 72.1 Å². The van der Waals surface area contributed by atoms with E-state index >= 15 is 0 Å². The van der Waals surface area contributed by atoms with Gasteiger partial charge in [-0.2, -0.15) is 0 Å². The molecule has 3 heteroatoms. The Kier molecular flexibility index (Phi) is 8.03. The molecule has 0 radical (unpaired) electrons.